The molecule has 0 bridgehead atoms. The van der Waals surface area contributed by atoms with Crippen molar-refractivity contribution in [2.45, 2.75) is 25.4 Å². The number of hydrogen-bond donors (Lipinski definition) is 0. The first kappa shape index (κ1) is 9.01. The second-order valence-corrected chi connectivity index (χ2v) is 2.62. The lowest BCUT2D eigenvalue weighted by atomic mass is 10.1. The number of carbonyl (C=O) groups excluding carboxylic acids is 1. The molecule has 0 aromatic rings. The predicted octanol–water partition coefficient (Wildman–Crippen LogP) is 0.622. The van der Waals surface area contributed by atoms with Crippen LogP contribution in [0.1, 0.15) is 19.3 Å². The molecule has 66 valence electrons. The van der Waals surface area contributed by atoms with E-state index in [1.807, 2.05) is 0 Å². The molecule has 0 saturated carbocycles. The van der Waals surface area contributed by atoms with E-state index in [-0.39, 0.29) is 6.61 Å². The van der Waals surface area contributed by atoms with Crippen LogP contribution in [0.4, 0.5) is 0 Å². The molecule has 1 aliphatic heterocycles. The lowest BCUT2D eigenvalue weighted by Gasteiger charge is -2.19. The van der Waals surface area contributed by atoms with Gasteiger partial charge in [0.25, 0.3) is 0 Å². The molecule has 0 aromatic heterocycles. The Labute approximate surface area is 71.1 Å². The SMILES string of the molecule is N#CCOC(=O)C1CCCCO1. The van der Waals surface area contributed by atoms with Crippen molar-refractivity contribution in [1.29, 1.82) is 5.26 Å². The van der Waals surface area contributed by atoms with Gasteiger partial charge in [-0.15, -0.1) is 0 Å². The Hall–Kier alpha value is -1.08. The lowest BCUT2D eigenvalue weighted by Crippen LogP contribution is -2.29. The van der Waals surface area contributed by atoms with E-state index in [9.17, 15) is 4.79 Å². The monoisotopic (exact) mass is 169 g/mol. The van der Waals surface area contributed by atoms with Gasteiger partial charge in [-0.25, -0.2) is 4.79 Å². The highest BCUT2D eigenvalue weighted by molar-refractivity contribution is 5.74. The highest BCUT2D eigenvalue weighted by atomic mass is 16.6. The van der Waals surface area contributed by atoms with Crippen molar-refractivity contribution < 1.29 is 14.3 Å². The van der Waals surface area contributed by atoms with Gasteiger partial charge in [-0.2, -0.15) is 5.26 Å². The summed E-state index contributed by atoms with van der Waals surface area (Å²) in [4.78, 5) is 11.1. The molecule has 0 aliphatic carbocycles. The number of nitriles is 1. The largest absolute Gasteiger partial charge is 0.448 e. The van der Waals surface area contributed by atoms with Gasteiger partial charge in [-0.05, 0) is 19.3 Å². The van der Waals surface area contributed by atoms with Crippen LogP contribution in [0.25, 0.3) is 0 Å². The molecule has 4 heteroatoms. The topological polar surface area (TPSA) is 59.3 Å². The van der Waals surface area contributed by atoms with Gasteiger partial charge in [0.2, 0.25) is 0 Å². The molecular weight excluding hydrogens is 158 g/mol. The third-order valence-electron chi connectivity index (χ3n) is 1.72. The summed E-state index contributed by atoms with van der Waals surface area (Å²) in [7, 11) is 0. The van der Waals surface area contributed by atoms with Gasteiger partial charge in [0.15, 0.2) is 12.7 Å². The Morgan fingerprint density at radius 2 is 2.50 bits per heavy atom. The minimum absolute atomic E-state index is 0.182. The zero-order chi connectivity index (χ0) is 8.81. The average Bonchev–Trinajstić information content (AvgIpc) is 2.15. The van der Waals surface area contributed by atoms with E-state index in [0.29, 0.717) is 13.0 Å². The number of esters is 1. The highest BCUT2D eigenvalue weighted by Gasteiger charge is 2.22. The molecule has 0 aromatic carbocycles. The minimum Gasteiger partial charge on any atom is -0.448 e. The summed E-state index contributed by atoms with van der Waals surface area (Å²) in [5, 5.41) is 8.15. The Bertz CT molecular complexity index is 191. The smallest absolute Gasteiger partial charge is 0.336 e. The third-order valence-corrected chi connectivity index (χ3v) is 1.72. The Morgan fingerprint density at radius 3 is 3.08 bits per heavy atom. The van der Waals surface area contributed by atoms with Gasteiger partial charge >= 0.3 is 5.97 Å². The van der Waals surface area contributed by atoms with Crippen LogP contribution in [0.5, 0.6) is 0 Å². The molecule has 4 nitrogen and oxygen atoms in total. The van der Waals surface area contributed by atoms with E-state index >= 15 is 0 Å². The number of ether oxygens (including phenoxy) is 2. The van der Waals surface area contributed by atoms with E-state index < -0.39 is 12.1 Å². The molecule has 1 saturated heterocycles. The molecule has 1 fully saturated rings. The van der Waals surface area contributed by atoms with Crippen molar-refractivity contribution in [2.24, 2.45) is 0 Å². The number of nitrogens with zero attached hydrogens (tertiary/aromatic N) is 1. The van der Waals surface area contributed by atoms with Gasteiger partial charge in [0, 0.05) is 6.61 Å². The van der Waals surface area contributed by atoms with E-state index in [2.05, 4.69) is 4.74 Å². The average molecular weight is 169 g/mol. The molecule has 1 rings (SSSR count). The fourth-order valence-corrected chi connectivity index (χ4v) is 1.12. The number of carbonyl (C=O) groups is 1. The fourth-order valence-electron chi connectivity index (χ4n) is 1.12. The molecule has 1 aliphatic rings. The standard InChI is InChI=1S/C8H11NO3/c9-4-6-12-8(10)7-3-1-2-5-11-7/h7H,1-3,5-6H2. The van der Waals surface area contributed by atoms with Crippen LogP contribution >= 0.6 is 0 Å². The van der Waals surface area contributed by atoms with E-state index in [1.54, 1.807) is 6.07 Å². The van der Waals surface area contributed by atoms with Crippen LogP contribution in [-0.4, -0.2) is 25.3 Å². The zero-order valence-corrected chi connectivity index (χ0v) is 6.78. The summed E-state index contributed by atoms with van der Waals surface area (Å²) < 4.78 is 9.76. The van der Waals surface area contributed by atoms with Gasteiger partial charge in [0.1, 0.15) is 6.07 Å². The maximum Gasteiger partial charge on any atom is 0.336 e. The first-order valence-electron chi connectivity index (χ1n) is 4.00. The quantitative estimate of drug-likeness (QED) is 0.568. The van der Waals surface area contributed by atoms with Crippen LogP contribution < -0.4 is 0 Å². The van der Waals surface area contributed by atoms with Crippen LogP contribution in [0.3, 0.4) is 0 Å². The summed E-state index contributed by atoms with van der Waals surface area (Å²) in [6.45, 7) is 0.436. The highest BCUT2D eigenvalue weighted by Crippen LogP contribution is 2.13. The lowest BCUT2D eigenvalue weighted by molar-refractivity contribution is -0.158. The summed E-state index contributed by atoms with van der Waals surface area (Å²) >= 11 is 0. The third kappa shape index (κ3) is 2.51. The molecule has 0 spiro atoms. The Kier molecular flexibility index (Phi) is 3.55. The Morgan fingerprint density at radius 1 is 1.67 bits per heavy atom. The molecule has 0 radical (unpaired) electrons. The van der Waals surface area contributed by atoms with E-state index in [4.69, 9.17) is 10.00 Å². The maximum atomic E-state index is 11.1. The Balaban J connectivity index is 2.26. The van der Waals surface area contributed by atoms with Crippen molar-refractivity contribution >= 4 is 5.97 Å². The molecule has 1 heterocycles. The van der Waals surface area contributed by atoms with Crippen molar-refractivity contribution in [3.8, 4) is 6.07 Å². The van der Waals surface area contributed by atoms with Crippen molar-refractivity contribution in [3.63, 3.8) is 0 Å². The maximum absolute atomic E-state index is 11.1. The predicted molar refractivity (Wildman–Crippen MR) is 40.2 cm³/mol. The van der Waals surface area contributed by atoms with Gasteiger partial charge in [-0.3, -0.25) is 0 Å². The molecule has 12 heavy (non-hydrogen) atoms. The van der Waals surface area contributed by atoms with Crippen molar-refractivity contribution in [1.82, 2.24) is 0 Å². The van der Waals surface area contributed by atoms with Gasteiger partial charge < -0.3 is 9.47 Å². The molecular formula is C8H11NO3. The molecule has 1 atom stereocenters. The summed E-state index contributed by atoms with van der Waals surface area (Å²) in [6, 6.07) is 1.74. The summed E-state index contributed by atoms with van der Waals surface area (Å²) in [6.07, 6.45) is 2.27. The van der Waals surface area contributed by atoms with Gasteiger partial charge in [0.05, 0.1) is 0 Å². The fraction of sp³-hybridized carbons (Fsp3) is 0.750. The van der Waals surface area contributed by atoms with Crippen molar-refractivity contribution in [3.05, 3.63) is 0 Å². The minimum atomic E-state index is -0.438. The second-order valence-electron chi connectivity index (χ2n) is 2.62. The zero-order valence-electron chi connectivity index (χ0n) is 6.78. The summed E-state index contributed by atoms with van der Waals surface area (Å²) in [5.74, 6) is -0.406. The molecule has 1 unspecified atom stereocenters. The summed E-state index contributed by atoms with van der Waals surface area (Å²) in [5.41, 5.74) is 0. The van der Waals surface area contributed by atoms with E-state index in [0.717, 1.165) is 12.8 Å². The van der Waals surface area contributed by atoms with Gasteiger partial charge in [-0.1, -0.05) is 0 Å². The van der Waals surface area contributed by atoms with Crippen LogP contribution in [0.2, 0.25) is 0 Å². The van der Waals surface area contributed by atoms with E-state index in [1.165, 1.54) is 0 Å². The number of hydrogen-bond acceptors (Lipinski definition) is 4. The number of rotatable bonds is 2. The second kappa shape index (κ2) is 4.73. The first-order chi connectivity index (χ1) is 5.84. The molecule has 0 N–H and O–H groups in total. The first-order valence-corrected chi connectivity index (χ1v) is 4.00. The molecule has 0 amide bonds. The van der Waals surface area contributed by atoms with Crippen LogP contribution in [-0.2, 0) is 14.3 Å². The normalized spacial score (nSPS) is 22.8. The van der Waals surface area contributed by atoms with Crippen LogP contribution in [0.15, 0.2) is 0 Å². The van der Waals surface area contributed by atoms with Crippen LogP contribution in [0, 0.1) is 11.3 Å². The van der Waals surface area contributed by atoms with Crippen molar-refractivity contribution in [2.75, 3.05) is 13.2 Å².